The molecule has 130 valence electrons. The largest absolute Gasteiger partial charge is 0.388 e. The molecular formula is C17H21F2N3O2. The van der Waals surface area contributed by atoms with E-state index in [4.69, 9.17) is 0 Å². The van der Waals surface area contributed by atoms with Crippen LogP contribution in [0.1, 0.15) is 37.6 Å². The van der Waals surface area contributed by atoms with Gasteiger partial charge in [0.05, 0.1) is 28.6 Å². The molecule has 5 nitrogen and oxygen atoms in total. The van der Waals surface area contributed by atoms with Gasteiger partial charge in [-0.15, -0.1) is 0 Å². The molecule has 1 amide bonds. The van der Waals surface area contributed by atoms with Gasteiger partial charge in [-0.1, -0.05) is 26.3 Å². The zero-order valence-corrected chi connectivity index (χ0v) is 13.9. The number of nitrogens with zero attached hydrogens (tertiary/aromatic N) is 1. The summed E-state index contributed by atoms with van der Waals surface area (Å²) in [6.45, 7) is 5.47. The van der Waals surface area contributed by atoms with Crippen LogP contribution in [0, 0.1) is 17.6 Å². The van der Waals surface area contributed by atoms with Gasteiger partial charge in [-0.05, 0) is 25.0 Å². The molecule has 1 heterocycles. The lowest BCUT2D eigenvalue weighted by molar-refractivity contribution is 0.00593. The maximum Gasteiger partial charge on any atom is 0.255 e. The summed E-state index contributed by atoms with van der Waals surface area (Å²) in [6.07, 6.45) is 1.95. The molecule has 7 heteroatoms. The van der Waals surface area contributed by atoms with Gasteiger partial charge in [0, 0.05) is 6.54 Å². The number of aromatic nitrogens is 2. The SMILES string of the molecule is CCC(C)C(C)(O)CNC(=O)c1cn[nH]c1-c1c(F)cccc1F. The highest BCUT2D eigenvalue weighted by molar-refractivity contribution is 5.99. The molecule has 0 bridgehead atoms. The van der Waals surface area contributed by atoms with Gasteiger partial charge in [0.2, 0.25) is 0 Å². The van der Waals surface area contributed by atoms with Crippen molar-refractivity contribution in [2.75, 3.05) is 6.54 Å². The molecule has 24 heavy (non-hydrogen) atoms. The molecule has 0 spiro atoms. The number of hydrogen-bond donors (Lipinski definition) is 3. The standard InChI is InChI=1S/C17H21F2N3O2/c1-4-10(2)17(3,24)9-20-16(23)11-8-21-22-15(11)14-12(18)6-5-7-13(14)19/h5-8,10,24H,4,9H2,1-3H3,(H,20,23)(H,21,22). The Kier molecular flexibility index (Phi) is 5.33. The number of halogens is 2. The normalized spacial score (nSPS) is 14.9. The molecule has 2 aromatic rings. The van der Waals surface area contributed by atoms with Gasteiger partial charge in [-0.2, -0.15) is 5.10 Å². The van der Waals surface area contributed by atoms with Crippen LogP contribution in [0.2, 0.25) is 0 Å². The van der Waals surface area contributed by atoms with Crippen LogP contribution in [0.3, 0.4) is 0 Å². The number of aliphatic hydroxyl groups is 1. The summed E-state index contributed by atoms with van der Waals surface area (Å²) in [7, 11) is 0. The zero-order valence-electron chi connectivity index (χ0n) is 13.9. The van der Waals surface area contributed by atoms with Gasteiger partial charge in [-0.25, -0.2) is 8.78 Å². The highest BCUT2D eigenvalue weighted by atomic mass is 19.1. The minimum Gasteiger partial charge on any atom is -0.388 e. The van der Waals surface area contributed by atoms with Crippen molar-refractivity contribution in [2.45, 2.75) is 32.8 Å². The second-order valence-electron chi connectivity index (χ2n) is 6.10. The third-order valence-corrected chi connectivity index (χ3v) is 4.38. The molecule has 0 radical (unpaired) electrons. The van der Waals surface area contributed by atoms with Crippen molar-refractivity contribution in [3.8, 4) is 11.3 Å². The average molecular weight is 337 g/mol. The molecule has 2 atom stereocenters. The zero-order chi connectivity index (χ0) is 17.9. The lowest BCUT2D eigenvalue weighted by Crippen LogP contribution is -2.45. The molecule has 0 aliphatic carbocycles. The lowest BCUT2D eigenvalue weighted by atomic mass is 9.88. The highest BCUT2D eigenvalue weighted by Crippen LogP contribution is 2.27. The van der Waals surface area contributed by atoms with Crippen LogP contribution in [-0.4, -0.2) is 33.4 Å². The van der Waals surface area contributed by atoms with Crippen molar-refractivity contribution >= 4 is 5.91 Å². The highest BCUT2D eigenvalue weighted by Gasteiger charge is 2.28. The number of nitrogens with one attached hydrogen (secondary N) is 2. The van der Waals surface area contributed by atoms with Crippen LogP contribution in [0.25, 0.3) is 11.3 Å². The van der Waals surface area contributed by atoms with Crippen molar-refractivity contribution in [1.82, 2.24) is 15.5 Å². The van der Waals surface area contributed by atoms with Gasteiger partial charge in [-0.3, -0.25) is 9.89 Å². The molecule has 1 aromatic heterocycles. The predicted molar refractivity (Wildman–Crippen MR) is 86.4 cm³/mol. The van der Waals surface area contributed by atoms with Crippen molar-refractivity contribution in [2.24, 2.45) is 5.92 Å². The molecule has 0 saturated carbocycles. The first kappa shape index (κ1) is 18.1. The quantitative estimate of drug-likeness (QED) is 0.758. The van der Waals surface area contributed by atoms with Gasteiger partial charge >= 0.3 is 0 Å². The van der Waals surface area contributed by atoms with Crippen molar-refractivity contribution in [3.63, 3.8) is 0 Å². The minimum atomic E-state index is -1.09. The van der Waals surface area contributed by atoms with Crippen LogP contribution < -0.4 is 5.32 Å². The summed E-state index contributed by atoms with van der Waals surface area (Å²) >= 11 is 0. The van der Waals surface area contributed by atoms with E-state index < -0.39 is 23.1 Å². The van der Waals surface area contributed by atoms with Crippen LogP contribution in [0.5, 0.6) is 0 Å². The molecule has 2 rings (SSSR count). The summed E-state index contributed by atoms with van der Waals surface area (Å²) < 4.78 is 27.8. The molecular weight excluding hydrogens is 316 g/mol. The Labute approximate surface area is 139 Å². The molecule has 0 aliphatic heterocycles. The first-order valence-corrected chi connectivity index (χ1v) is 7.76. The molecule has 2 unspecified atom stereocenters. The Morgan fingerprint density at radius 3 is 2.62 bits per heavy atom. The van der Waals surface area contributed by atoms with E-state index in [0.717, 1.165) is 18.6 Å². The monoisotopic (exact) mass is 337 g/mol. The first-order chi connectivity index (χ1) is 11.3. The smallest absolute Gasteiger partial charge is 0.255 e. The van der Waals surface area contributed by atoms with Gasteiger partial charge in [0.15, 0.2) is 0 Å². The van der Waals surface area contributed by atoms with Crippen LogP contribution in [0.4, 0.5) is 8.78 Å². The summed E-state index contributed by atoms with van der Waals surface area (Å²) in [5, 5.41) is 19.1. The van der Waals surface area contributed by atoms with E-state index in [9.17, 15) is 18.7 Å². The summed E-state index contributed by atoms with van der Waals surface area (Å²) in [5.41, 5.74) is -1.45. The van der Waals surface area contributed by atoms with E-state index in [-0.39, 0.29) is 29.3 Å². The fourth-order valence-corrected chi connectivity index (χ4v) is 2.35. The van der Waals surface area contributed by atoms with E-state index in [1.807, 2.05) is 13.8 Å². The topological polar surface area (TPSA) is 78.0 Å². The van der Waals surface area contributed by atoms with Crippen LogP contribution in [0.15, 0.2) is 24.4 Å². The van der Waals surface area contributed by atoms with Crippen molar-refractivity contribution in [3.05, 3.63) is 41.6 Å². The molecule has 0 fully saturated rings. The maximum atomic E-state index is 13.9. The van der Waals surface area contributed by atoms with Crippen LogP contribution >= 0.6 is 0 Å². The number of hydrogen-bond acceptors (Lipinski definition) is 3. The van der Waals surface area contributed by atoms with E-state index in [1.165, 1.54) is 12.3 Å². The number of amides is 1. The third kappa shape index (κ3) is 3.62. The van der Waals surface area contributed by atoms with E-state index in [1.54, 1.807) is 6.92 Å². The number of carbonyl (C=O) groups excluding carboxylic acids is 1. The molecule has 1 aromatic carbocycles. The molecule has 3 N–H and O–H groups in total. The van der Waals surface area contributed by atoms with E-state index >= 15 is 0 Å². The lowest BCUT2D eigenvalue weighted by Gasteiger charge is -2.29. The molecule has 0 saturated heterocycles. The van der Waals surface area contributed by atoms with Gasteiger partial charge < -0.3 is 10.4 Å². The van der Waals surface area contributed by atoms with E-state index in [0.29, 0.717) is 0 Å². The fraction of sp³-hybridized carbons (Fsp3) is 0.412. The van der Waals surface area contributed by atoms with Crippen LogP contribution in [-0.2, 0) is 0 Å². The van der Waals surface area contributed by atoms with Crippen molar-refractivity contribution in [1.29, 1.82) is 0 Å². The second-order valence-corrected chi connectivity index (χ2v) is 6.10. The van der Waals surface area contributed by atoms with E-state index in [2.05, 4.69) is 15.5 Å². The maximum absolute atomic E-state index is 13.9. The number of benzene rings is 1. The number of H-pyrrole nitrogens is 1. The number of aromatic amines is 1. The summed E-state index contributed by atoms with van der Waals surface area (Å²) in [4.78, 5) is 12.4. The third-order valence-electron chi connectivity index (χ3n) is 4.38. The Morgan fingerprint density at radius 1 is 1.42 bits per heavy atom. The fourth-order valence-electron chi connectivity index (χ4n) is 2.35. The summed E-state index contributed by atoms with van der Waals surface area (Å²) in [5.74, 6) is -2.17. The van der Waals surface area contributed by atoms with Gasteiger partial charge in [0.1, 0.15) is 11.6 Å². The van der Waals surface area contributed by atoms with Crippen molar-refractivity contribution < 1.29 is 18.7 Å². The van der Waals surface area contributed by atoms with Gasteiger partial charge in [0.25, 0.3) is 5.91 Å². The minimum absolute atomic E-state index is 0.0129. The number of rotatable bonds is 6. The Bertz CT molecular complexity index is 708. The average Bonchev–Trinajstić information content (AvgIpc) is 3.01. The Morgan fingerprint density at radius 2 is 2.04 bits per heavy atom. The Hall–Kier alpha value is -2.28. The molecule has 0 aliphatic rings. The second kappa shape index (κ2) is 7.09. The first-order valence-electron chi connectivity index (χ1n) is 7.76. The predicted octanol–water partition coefficient (Wildman–Crippen LogP) is 2.88. The number of carbonyl (C=O) groups is 1. The Balaban J connectivity index is 2.23. The summed E-state index contributed by atoms with van der Waals surface area (Å²) in [6, 6.07) is 3.46.